The highest BCUT2D eigenvalue weighted by Gasteiger charge is 2.39. The largest absolute Gasteiger partial charge is 0.371 e. The summed E-state index contributed by atoms with van der Waals surface area (Å²) < 4.78 is 6.01. The van der Waals surface area contributed by atoms with Crippen LogP contribution >= 0.6 is 11.3 Å². The van der Waals surface area contributed by atoms with Gasteiger partial charge in [-0.15, -0.1) is 10.2 Å². The molecule has 0 unspecified atom stereocenters. The third kappa shape index (κ3) is 3.35. The van der Waals surface area contributed by atoms with Crippen molar-refractivity contribution < 1.29 is 9.53 Å². The molecule has 1 spiro atoms. The molecule has 1 aromatic rings. The van der Waals surface area contributed by atoms with Gasteiger partial charge in [0.15, 0.2) is 0 Å². The summed E-state index contributed by atoms with van der Waals surface area (Å²) in [5.41, 5.74) is -0.108. The maximum Gasteiger partial charge on any atom is 0.323 e. The van der Waals surface area contributed by atoms with E-state index in [4.69, 9.17) is 4.74 Å². The second-order valence-electron chi connectivity index (χ2n) is 5.80. The molecule has 116 valence electrons. The molecule has 2 heterocycles. The Kier molecular flexibility index (Phi) is 4.40. The summed E-state index contributed by atoms with van der Waals surface area (Å²) in [5.74, 6) is 0. The number of ether oxygens (including phenoxy) is 1. The van der Waals surface area contributed by atoms with E-state index >= 15 is 0 Å². The van der Waals surface area contributed by atoms with E-state index in [0.29, 0.717) is 24.8 Å². The second kappa shape index (κ2) is 6.27. The lowest BCUT2D eigenvalue weighted by molar-refractivity contribution is -0.115. The Hall–Kier alpha value is -1.21. The molecule has 7 heteroatoms. The fourth-order valence-corrected chi connectivity index (χ4v) is 3.80. The van der Waals surface area contributed by atoms with Crippen molar-refractivity contribution in [1.82, 2.24) is 15.1 Å². The number of carbonyl (C=O) groups excluding carboxylic acids is 1. The molecule has 1 aliphatic carbocycles. The van der Waals surface area contributed by atoms with Crippen LogP contribution in [0.2, 0.25) is 0 Å². The van der Waals surface area contributed by atoms with Gasteiger partial charge >= 0.3 is 6.03 Å². The molecule has 0 atom stereocenters. The van der Waals surface area contributed by atoms with Gasteiger partial charge in [0.25, 0.3) is 0 Å². The highest BCUT2D eigenvalue weighted by atomic mass is 32.1. The fourth-order valence-electron chi connectivity index (χ4n) is 3.13. The first-order valence-electron chi connectivity index (χ1n) is 7.73. The molecule has 0 aromatic carbocycles. The number of anilines is 1. The summed E-state index contributed by atoms with van der Waals surface area (Å²) in [5, 5.41) is 12.4. The zero-order chi connectivity index (χ0) is 14.7. The predicted molar refractivity (Wildman–Crippen MR) is 81.6 cm³/mol. The summed E-state index contributed by atoms with van der Waals surface area (Å²) in [6.07, 6.45) is 6.65. The molecular formula is C14H22N4O2S. The van der Waals surface area contributed by atoms with Crippen LogP contribution in [0.3, 0.4) is 0 Å². The van der Waals surface area contributed by atoms with Crippen LogP contribution in [0.15, 0.2) is 0 Å². The summed E-state index contributed by atoms with van der Waals surface area (Å²) in [6.45, 7) is 4.00. The van der Waals surface area contributed by atoms with Gasteiger partial charge in [0.1, 0.15) is 5.01 Å². The highest BCUT2D eigenvalue weighted by Crippen LogP contribution is 2.34. The minimum Gasteiger partial charge on any atom is -0.371 e. The summed E-state index contributed by atoms with van der Waals surface area (Å²) in [7, 11) is 0. The van der Waals surface area contributed by atoms with Crippen LogP contribution < -0.4 is 5.32 Å². The Morgan fingerprint density at radius 2 is 2.19 bits per heavy atom. The molecule has 6 nitrogen and oxygen atoms in total. The van der Waals surface area contributed by atoms with Crippen molar-refractivity contribution in [2.45, 2.75) is 51.0 Å². The zero-order valence-electron chi connectivity index (χ0n) is 12.4. The molecule has 0 radical (unpaired) electrons. The first-order valence-corrected chi connectivity index (χ1v) is 8.55. The molecule has 0 bridgehead atoms. The number of nitrogens with zero attached hydrogens (tertiary/aromatic N) is 3. The van der Waals surface area contributed by atoms with Gasteiger partial charge in [-0.1, -0.05) is 37.5 Å². The first-order chi connectivity index (χ1) is 10.2. The molecule has 2 fully saturated rings. The molecule has 21 heavy (non-hydrogen) atoms. The van der Waals surface area contributed by atoms with Crippen molar-refractivity contribution in [3.8, 4) is 0 Å². The topological polar surface area (TPSA) is 67.4 Å². The molecule has 1 aromatic heterocycles. The van der Waals surface area contributed by atoms with E-state index in [-0.39, 0.29) is 11.6 Å². The van der Waals surface area contributed by atoms with Gasteiger partial charge in [0.05, 0.1) is 18.8 Å². The predicted octanol–water partition coefficient (Wildman–Crippen LogP) is 2.67. The quantitative estimate of drug-likeness (QED) is 0.912. The van der Waals surface area contributed by atoms with Crippen molar-refractivity contribution >= 4 is 22.5 Å². The molecule has 3 rings (SSSR count). The molecule has 1 N–H and O–H groups in total. The van der Waals surface area contributed by atoms with Gasteiger partial charge in [0.2, 0.25) is 5.13 Å². The van der Waals surface area contributed by atoms with Crippen molar-refractivity contribution in [3.63, 3.8) is 0 Å². The summed E-state index contributed by atoms with van der Waals surface area (Å²) in [6, 6.07) is -0.0814. The number of aryl methyl sites for hydroxylation is 1. The van der Waals surface area contributed by atoms with E-state index in [1.165, 1.54) is 30.6 Å². The van der Waals surface area contributed by atoms with Crippen LogP contribution in [0.25, 0.3) is 0 Å². The van der Waals surface area contributed by atoms with Crippen molar-refractivity contribution in [2.24, 2.45) is 0 Å². The average Bonchev–Trinajstić information content (AvgIpc) is 2.96. The SMILES string of the molecule is CCc1nnc(NC(=O)N2CCOC3(CCCCC3)C2)s1. The number of carbonyl (C=O) groups is 1. The number of aromatic nitrogens is 2. The molecule has 2 amide bonds. The smallest absolute Gasteiger partial charge is 0.323 e. The lowest BCUT2D eigenvalue weighted by Gasteiger charge is -2.44. The monoisotopic (exact) mass is 310 g/mol. The van der Waals surface area contributed by atoms with Gasteiger partial charge in [-0.2, -0.15) is 0 Å². The van der Waals surface area contributed by atoms with Crippen LogP contribution in [-0.4, -0.2) is 46.4 Å². The molecule has 1 saturated heterocycles. The average molecular weight is 310 g/mol. The highest BCUT2D eigenvalue weighted by molar-refractivity contribution is 7.15. The van der Waals surface area contributed by atoms with Crippen LogP contribution in [0, 0.1) is 0 Å². The van der Waals surface area contributed by atoms with Gasteiger partial charge in [-0.25, -0.2) is 4.79 Å². The van der Waals surface area contributed by atoms with Gasteiger partial charge in [-0.05, 0) is 19.3 Å². The molecule has 1 aliphatic heterocycles. The van der Waals surface area contributed by atoms with Crippen molar-refractivity contribution in [2.75, 3.05) is 25.0 Å². The third-order valence-corrected chi connectivity index (χ3v) is 5.27. The lowest BCUT2D eigenvalue weighted by atomic mass is 9.83. The number of nitrogens with one attached hydrogen (secondary N) is 1. The first kappa shape index (κ1) is 14.7. The number of amides is 2. The van der Waals surface area contributed by atoms with E-state index in [1.54, 1.807) is 0 Å². The van der Waals surface area contributed by atoms with Crippen molar-refractivity contribution in [3.05, 3.63) is 5.01 Å². The molecular weight excluding hydrogens is 288 g/mol. The standard InChI is InChI=1S/C14H22N4O2S/c1-2-11-16-17-12(21-11)15-13(19)18-8-9-20-14(10-18)6-4-3-5-7-14/h2-10H2,1H3,(H,15,17,19). The van der Waals surface area contributed by atoms with Gasteiger partial charge < -0.3 is 9.64 Å². The number of morpholine rings is 1. The second-order valence-corrected chi connectivity index (χ2v) is 6.86. The molecule has 2 aliphatic rings. The zero-order valence-corrected chi connectivity index (χ0v) is 13.2. The minimum atomic E-state index is -0.108. The Bertz CT molecular complexity index is 493. The molecule has 1 saturated carbocycles. The van der Waals surface area contributed by atoms with Crippen LogP contribution in [0.4, 0.5) is 9.93 Å². The summed E-state index contributed by atoms with van der Waals surface area (Å²) >= 11 is 1.44. The van der Waals surface area contributed by atoms with Crippen LogP contribution in [-0.2, 0) is 11.2 Å². The minimum absolute atomic E-state index is 0.0814. The van der Waals surface area contributed by atoms with E-state index in [1.807, 2.05) is 11.8 Å². The Morgan fingerprint density at radius 1 is 1.38 bits per heavy atom. The number of rotatable bonds is 2. The fraction of sp³-hybridized carbons (Fsp3) is 0.786. The number of urea groups is 1. The van der Waals surface area contributed by atoms with E-state index in [2.05, 4.69) is 15.5 Å². The Morgan fingerprint density at radius 3 is 2.90 bits per heavy atom. The van der Waals surface area contributed by atoms with Crippen LogP contribution in [0.5, 0.6) is 0 Å². The van der Waals surface area contributed by atoms with E-state index < -0.39 is 0 Å². The third-order valence-electron chi connectivity index (χ3n) is 4.28. The number of hydrogen-bond acceptors (Lipinski definition) is 5. The van der Waals surface area contributed by atoms with E-state index in [9.17, 15) is 4.79 Å². The Balaban J connectivity index is 1.61. The van der Waals surface area contributed by atoms with Gasteiger partial charge in [0, 0.05) is 6.54 Å². The summed E-state index contributed by atoms with van der Waals surface area (Å²) in [4.78, 5) is 14.3. The van der Waals surface area contributed by atoms with E-state index in [0.717, 1.165) is 24.3 Å². The van der Waals surface area contributed by atoms with Crippen LogP contribution in [0.1, 0.15) is 44.0 Å². The van der Waals surface area contributed by atoms with Gasteiger partial charge in [-0.3, -0.25) is 5.32 Å². The maximum atomic E-state index is 12.4. The normalized spacial score (nSPS) is 21.5. The van der Waals surface area contributed by atoms with Crippen molar-refractivity contribution in [1.29, 1.82) is 0 Å². The Labute approximate surface area is 128 Å². The lowest BCUT2D eigenvalue weighted by Crippen LogP contribution is -2.55. The maximum absolute atomic E-state index is 12.4. The number of hydrogen-bond donors (Lipinski definition) is 1.